The van der Waals surface area contributed by atoms with Crippen LogP contribution in [0.1, 0.15) is 44.0 Å². The van der Waals surface area contributed by atoms with Crippen molar-refractivity contribution in [3.63, 3.8) is 0 Å². The summed E-state index contributed by atoms with van der Waals surface area (Å²) >= 11 is 0. The molecule has 0 atom stereocenters. The summed E-state index contributed by atoms with van der Waals surface area (Å²) in [5.41, 5.74) is 0.465. The van der Waals surface area contributed by atoms with E-state index in [0.29, 0.717) is 55.7 Å². The fraction of sp³-hybridized carbons (Fsp3) is 0.619. The van der Waals surface area contributed by atoms with Crippen molar-refractivity contribution in [1.82, 2.24) is 15.1 Å². The number of piperidine rings is 1. The zero-order chi connectivity index (χ0) is 21.4. The van der Waals surface area contributed by atoms with Gasteiger partial charge in [0.15, 0.2) is 11.5 Å². The lowest BCUT2D eigenvalue weighted by molar-refractivity contribution is 0.0913. The van der Waals surface area contributed by atoms with Crippen molar-refractivity contribution in [2.45, 2.75) is 39.7 Å². The lowest BCUT2D eigenvalue weighted by Crippen LogP contribution is -2.49. The van der Waals surface area contributed by atoms with Crippen LogP contribution in [0.2, 0.25) is 0 Å². The quantitative estimate of drug-likeness (QED) is 0.717. The number of benzene rings is 1. The second-order valence-electron chi connectivity index (χ2n) is 7.01. The Bertz CT molecular complexity index is 673. The minimum absolute atomic E-state index is 0.00371. The fourth-order valence-corrected chi connectivity index (χ4v) is 3.29. The molecular formula is C21H33N3O5. The maximum absolute atomic E-state index is 12.9. The predicted octanol–water partition coefficient (Wildman–Crippen LogP) is 2.76. The molecule has 0 aromatic heterocycles. The molecule has 0 bridgehead atoms. The second-order valence-corrected chi connectivity index (χ2v) is 7.01. The van der Waals surface area contributed by atoms with E-state index in [1.165, 1.54) is 0 Å². The standard InChI is InChI=1S/C21H33N3O5/c1-6-27-17-13-15(14-18(28-7-2)19(17)29-8-3)20(25)22-16-9-11-24(12-10-16)21(26)23(4)5/h13-14,16H,6-12H2,1-5H3,(H,22,25). The Kier molecular flexibility index (Phi) is 8.42. The highest BCUT2D eigenvalue weighted by Gasteiger charge is 2.26. The number of carbonyl (C=O) groups excluding carboxylic acids is 2. The van der Waals surface area contributed by atoms with Gasteiger partial charge in [-0.25, -0.2) is 4.79 Å². The SMILES string of the molecule is CCOc1cc(C(=O)NC2CCN(C(=O)N(C)C)CC2)cc(OCC)c1OCC. The van der Waals surface area contributed by atoms with E-state index < -0.39 is 0 Å². The Labute approximate surface area is 173 Å². The molecule has 8 heteroatoms. The molecule has 1 fully saturated rings. The number of ether oxygens (including phenoxy) is 3. The maximum Gasteiger partial charge on any atom is 0.319 e. The third-order valence-corrected chi connectivity index (χ3v) is 4.65. The molecule has 2 rings (SSSR count). The van der Waals surface area contributed by atoms with E-state index >= 15 is 0 Å². The number of nitrogens with one attached hydrogen (secondary N) is 1. The summed E-state index contributed by atoms with van der Waals surface area (Å²) in [7, 11) is 3.49. The molecule has 162 valence electrons. The first kappa shape index (κ1) is 22.6. The van der Waals surface area contributed by atoms with Crippen LogP contribution in [0.4, 0.5) is 4.79 Å². The van der Waals surface area contributed by atoms with Gasteiger partial charge in [0.25, 0.3) is 5.91 Å². The van der Waals surface area contributed by atoms with Crippen LogP contribution in [-0.2, 0) is 0 Å². The summed E-state index contributed by atoms with van der Waals surface area (Å²) in [6.45, 7) is 8.27. The molecular weight excluding hydrogens is 374 g/mol. The van der Waals surface area contributed by atoms with Gasteiger partial charge in [0.2, 0.25) is 5.75 Å². The zero-order valence-corrected chi connectivity index (χ0v) is 18.1. The predicted molar refractivity (Wildman–Crippen MR) is 111 cm³/mol. The highest BCUT2D eigenvalue weighted by molar-refractivity contribution is 5.95. The third-order valence-electron chi connectivity index (χ3n) is 4.65. The van der Waals surface area contributed by atoms with Gasteiger partial charge in [-0.1, -0.05) is 0 Å². The van der Waals surface area contributed by atoms with Crippen LogP contribution in [0.3, 0.4) is 0 Å². The van der Waals surface area contributed by atoms with Crippen LogP contribution in [0.15, 0.2) is 12.1 Å². The molecule has 0 saturated carbocycles. The van der Waals surface area contributed by atoms with Gasteiger partial charge < -0.3 is 29.3 Å². The van der Waals surface area contributed by atoms with Gasteiger partial charge in [-0.15, -0.1) is 0 Å². The van der Waals surface area contributed by atoms with Gasteiger partial charge in [-0.05, 0) is 45.7 Å². The van der Waals surface area contributed by atoms with E-state index in [1.807, 2.05) is 20.8 Å². The van der Waals surface area contributed by atoms with E-state index in [2.05, 4.69) is 5.32 Å². The van der Waals surface area contributed by atoms with Gasteiger partial charge in [0.05, 0.1) is 19.8 Å². The smallest absolute Gasteiger partial charge is 0.319 e. The molecule has 1 N–H and O–H groups in total. The topological polar surface area (TPSA) is 80.3 Å². The Morgan fingerprint density at radius 2 is 1.52 bits per heavy atom. The van der Waals surface area contributed by atoms with Crippen LogP contribution in [-0.4, -0.2) is 74.8 Å². The molecule has 0 radical (unpaired) electrons. The second kappa shape index (κ2) is 10.8. The summed E-state index contributed by atoms with van der Waals surface area (Å²) in [6.07, 6.45) is 1.44. The van der Waals surface area contributed by atoms with Crippen LogP contribution in [0.25, 0.3) is 0 Å². The van der Waals surface area contributed by atoms with E-state index in [4.69, 9.17) is 14.2 Å². The highest BCUT2D eigenvalue weighted by Crippen LogP contribution is 2.39. The van der Waals surface area contributed by atoms with Gasteiger partial charge in [0, 0.05) is 38.8 Å². The van der Waals surface area contributed by atoms with Gasteiger partial charge >= 0.3 is 6.03 Å². The molecule has 0 unspecified atom stereocenters. The van der Waals surface area contributed by atoms with Gasteiger partial charge in [-0.2, -0.15) is 0 Å². The van der Waals surface area contributed by atoms with Crippen molar-refractivity contribution in [2.24, 2.45) is 0 Å². The average Bonchev–Trinajstić information content (AvgIpc) is 2.70. The first-order chi connectivity index (χ1) is 13.9. The monoisotopic (exact) mass is 407 g/mol. The van der Waals surface area contributed by atoms with Crippen LogP contribution >= 0.6 is 0 Å². The van der Waals surface area contributed by atoms with Crippen molar-refractivity contribution in [3.05, 3.63) is 17.7 Å². The number of amides is 3. The van der Waals surface area contributed by atoms with Crippen LogP contribution in [0, 0.1) is 0 Å². The summed E-state index contributed by atoms with van der Waals surface area (Å²) in [5, 5.41) is 3.07. The van der Waals surface area contributed by atoms with E-state index in [9.17, 15) is 9.59 Å². The largest absolute Gasteiger partial charge is 0.490 e. The van der Waals surface area contributed by atoms with Gasteiger partial charge in [-0.3, -0.25) is 4.79 Å². The molecule has 1 saturated heterocycles. The Balaban J connectivity index is 2.11. The number of carbonyl (C=O) groups is 2. The van der Waals surface area contributed by atoms with Crippen LogP contribution < -0.4 is 19.5 Å². The third kappa shape index (κ3) is 5.92. The molecule has 29 heavy (non-hydrogen) atoms. The molecule has 1 heterocycles. The number of rotatable bonds is 8. The number of nitrogens with zero attached hydrogens (tertiary/aromatic N) is 2. The maximum atomic E-state index is 12.9. The minimum atomic E-state index is -0.188. The number of hydrogen-bond acceptors (Lipinski definition) is 5. The molecule has 0 aliphatic carbocycles. The summed E-state index contributed by atoms with van der Waals surface area (Å²) < 4.78 is 17.1. The minimum Gasteiger partial charge on any atom is -0.490 e. The number of likely N-dealkylation sites (tertiary alicyclic amines) is 1. The zero-order valence-electron chi connectivity index (χ0n) is 18.1. The normalized spacial score (nSPS) is 14.3. The fourth-order valence-electron chi connectivity index (χ4n) is 3.29. The molecule has 8 nitrogen and oxygen atoms in total. The van der Waals surface area contributed by atoms with Crippen LogP contribution in [0.5, 0.6) is 17.2 Å². The average molecular weight is 408 g/mol. The Hall–Kier alpha value is -2.64. The van der Waals surface area contributed by atoms with E-state index in [-0.39, 0.29) is 18.0 Å². The van der Waals surface area contributed by atoms with E-state index in [1.54, 1.807) is 36.0 Å². The number of hydrogen-bond donors (Lipinski definition) is 1. The molecule has 0 spiro atoms. The van der Waals surface area contributed by atoms with Crippen molar-refractivity contribution < 1.29 is 23.8 Å². The molecule has 1 aromatic carbocycles. The summed E-state index contributed by atoms with van der Waals surface area (Å²) in [4.78, 5) is 28.3. The lowest BCUT2D eigenvalue weighted by Gasteiger charge is -2.34. The number of urea groups is 1. The molecule has 3 amide bonds. The van der Waals surface area contributed by atoms with Crippen molar-refractivity contribution >= 4 is 11.9 Å². The Morgan fingerprint density at radius 1 is 1.00 bits per heavy atom. The van der Waals surface area contributed by atoms with Crippen molar-refractivity contribution in [2.75, 3.05) is 47.0 Å². The summed E-state index contributed by atoms with van der Waals surface area (Å²) in [5.74, 6) is 1.32. The highest BCUT2D eigenvalue weighted by atomic mass is 16.5. The Morgan fingerprint density at radius 3 is 1.97 bits per heavy atom. The lowest BCUT2D eigenvalue weighted by atomic mass is 10.0. The van der Waals surface area contributed by atoms with Crippen molar-refractivity contribution in [3.8, 4) is 17.2 Å². The molecule has 1 aliphatic heterocycles. The van der Waals surface area contributed by atoms with Crippen molar-refractivity contribution in [1.29, 1.82) is 0 Å². The first-order valence-corrected chi connectivity index (χ1v) is 10.2. The van der Waals surface area contributed by atoms with Gasteiger partial charge in [0.1, 0.15) is 0 Å². The summed E-state index contributed by atoms with van der Waals surface area (Å²) in [6, 6.07) is 3.41. The molecule has 1 aliphatic rings. The van der Waals surface area contributed by atoms with E-state index in [0.717, 1.165) is 12.8 Å². The first-order valence-electron chi connectivity index (χ1n) is 10.2. The molecule has 1 aromatic rings.